The van der Waals surface area contributed by atoms with Crippen LogP contribution in [0.3, 0.4) is 0 Å². The zero-order valence-corrected chi connectivity index (χ0v) is 11.6. The van der Waals surface area contributed by atoms with E-state index in [2.05, 4.69) is 54.0 Å². The standard InChI is InChI=1S/C12H10Br2N2/c13-10-4-2-9(3-5-10)8-11(14)12-15-6-1-7-16-12/h1-7,11H,8H2. The quantitative estimate of drug-likeness (QED) is 0.791. The first-order valence-electron chi connectivity index (χ1n) is 4.91. The molecule has 1 atom stereocenters. The molecule has 0 bridgehead atoms. The van der Waals surface area contributed by atoms with Gasteiger partial charge in [0.15, 0.2) is 0 Å². The molecule has 2 aromatic rings. The molecule has 0 saturated heterocycles. The fraction of sp³-hybridized carbons (Fsp3) is 0.167. The summed E-state index contributed by atoms with van der Waals surface area (Å²) in [6.45, 7) is 0. The third-order valence-corrected chi connectivity index (χ3v) is 3.46. The highest BCUT2D eigenvalue weighted by Crippen LogP contribution is 2.24. The Labute approximate surface area is 111 Å². The van der Waals surface area contributed by atoms with Crippen molar-refractivity contribution in [1.82, 2.24) is 9.97 Å². The Balaban J connectivity index is 2.08. The normalized spacial score (nSPS) is 12.4. The van der Waals surface area contributed by atoms with E-state index in [4.69, 9.17) is 0 Å². The number of alkyl halides is 1. The Morgan fingerprint density at radius 2 is 1.69 bits per heavy atom. The van der Waals surface area contributed by atoms with Crippen LogP contribution in [0.1, 0.15) is 16.2 Å². The van der Waals surface area contributed by atoms with Gasteiger partial charge in [0.05, 0.1) is 4.83 Å². The first kappa shape index (κ1) is 11.7. The van der Waals surface area contributed by atoms with Crippen LogP contribution in [-0.4, -0.2) is 9.97 Å². The molecule has 0 radical (unpaired) electrons. The van der Waals surface area contributed by atoms with E-state index in [9.17, 15) is 0 Å². The SMILES string of the molecule is Brc1ccc(CC(Br)c2ncccn2)cc1. The lowest BCUT2D eigenvalue weighted by Crippen LogP contribution is -2.00. The Hall–Kier alpha value is -0.740. The summed E-state index contributed by atoms with van der Waals surface area (Å²) in [5.41, 5.74) is 1.26. The molecule has 16 heavy (non-hydrogen) atoms. The van der Waals surface area contributed by atoms with Gasteiger partial charge in [-0.05, 0) is 30.2 Å². The summed E-state index contributed by atoms with van der Waals surface area (Å²) >= 11 is 7.02. The molecule has 1 aromatic carbocycles. The van der Waals surface area contributed by atoms with E-state index in [0.717, 1.165) is 16.7 Å². The maximum Gasteiger partial charge on any atom is 0.142 e. The molecule has 2 rings (SSSR count). The number of halogens is 2. The zero-order chi connectivity index (χ0) is 11.4. The molecule has 0 N–H and O–H groups in total. The van der Waals surface area contributed by atoms with Gasteiger partial charge in [-0.1, -0.05) is 44.0 Å². The van der Waals surface area contributed by atoms with Gasteiger partial charge >= 0.3 is 0 Å². The molecule has 1 heterocycles. The van der Waals surface area contributed by atoms with Crippen LogP contribution < -0.4 is 0 Å². The third kappa shape index (κ3) is 3.12. The summed E-state index contributed by atoms with van der Waals surface area (Å²) in [4.78, 5) is 8.61. The molecule has 1 aromatic heterocycles. The molecule has 2 nitrogen and oxygen atoms in total. The highest BCUT2D eigenvalue weighted by molar-refractivity contribution is 9.10. The van der Waals surface area contributed by atoms with Gasteiger partial charge in [-0.25, -0.2) is 9.97 Å². The minimum Gasteiger partial charge on any atom is -0.240 e. The summed E-state index contributed by atoms with van der Waals surface area (Å²) in [6, 6.07) is 10.1. The van der Waals surface area contributed by atoms with Crippen molar-refractivity contribution in [1.29, 1.82) is 0 Å². The Morgan fingerprint density at radius 1 is 1.06 bits per heavy atom. The van der Waals surface area contributed by atoms with E-state index in [0.29, 0.717) is 0 Å². The third-order valence-electron chi connectivity index (χ3n) is 2.19. The van der Waals surface area contributed by atoms with Crippen molar-refractivity contribution in [3.8, 4) is 0 Å². The number of hydrogen-bond donors (Lipinski definition) is 0. The molecule has 0 aliphatic heterocycles. The van der Waals surface area contributed by atoms with Crippen LogP contribution in [0.5, 0.6) is 0 Å². The van der Waals surface area contributed by atoms with E-state index >= 15 is 0 Å². The van der Waals surface area contributed by atoms with E-state index < -0.39 is 0 Å². The fourth-order valence-electron chi connectivity index (χ4n) is 1.39. The average Bonchev–Trinajstić information content (AvgIpc) is 2.33. The smallest absolute Gasteiger partial charge is 0.142 e. The van der Waals surface area contributed by atoms with Gasteiger partial charge < -0.3 is 0 Å². The Bertz CT molecular complexity index is 442. The lowest BCUT2D eigenvalue weighted by atomic mass is 10.1. The van der Waals surface area contributed by atoms with Crippen LogP contribution in [0.4, 0.5) is 0 Å². The first-order chi connectivity index (χ1) is 7.75. The maximum atomic E-state index is 4.23. The molecule has 1 unspecified atom stereocenters. The van der Waals surface area contributed by atoms with Gasteiger partial charge in [0.2, 0.25) is 0 Å². The number of nitrogens with zero attached hydrogens (tertiary/aromatic N) is 2. The van der Waals surface area contributed by atoms with Crippen molar-refractivity contribution in [2.45, 2.75) is 11.2 Å². The number of hydrogen-bond acceptors (Lipinski definition) is 2. The second-order valence-electron chi connectivity index (χ2n) is 3.41. The van der Waals surface area contributed by atoms with Crippen molar-refractivity contribution in [2.24, 2.45) is 0 Å². The van der Waals surface area contributed by atoms with Crippen molar-refractivity contribution < 1.29 is 0 Å². The predicted octanol–water partition coefficient (Wildman–Crippen LogP) is 3.92. The van der Waals surface area contributed by atoms with Crippen LogP contribution in [0.2, 0.25) is 0 Å². The fourth-order valence-corrected chi connectivity index (χ4v) is 2.27. The zero-order valence-electron chi connectivity index (χ0n) is 8.48. The highest BCUT2D eigenvalue weighted by atomic mass is 79.9. The summed E-state index contributed by atoms with van der Waals surface area (Å²) in [5.74, 6) is 0.824. The van der Waals surface area contributed by atoms with Gasteiger partial charge in [-0.15, -0.1) is 0 Å². The number of benzene rings is 1. The van der Waals surface area contributed by atoms with Gasteiger partial charge in [0, 0.05) is 16.9 Å². The topological polar surface area (TPSA) is 25.8 Å². The van der Waals surface area contributed by atoms with Crippen LogP contribution in [-0.2, 0) is 6.42 Å². The van der Waals surface area contributed by atoms with E-state index in [-0.39, 0.29) is 4.83 Å². The predicted molar refractivity (Wildman–Crippen MR) is 71.5 cm³/mol. The van der Waals surface area contributed by atoms with Gasteiger partial charge in [0.25, 0.3) is 0 Å². The summed E-state index contributed by atoms with van der Waals surface area (Å²) < 4.78 is 1.10. The number of rotatable bonds is 3. The van der Waals surface area contributed by atoms with Gasteiger partial charge in [-0.2, -0.15) is 0 Å². The van der Waals surface area contributed by atoms with E-state index in [1.165, 1.54) is 5.56 Å². The molecule has 0 aliphatic carbocycles. The minimum absolute atomic E-state index is 0.162. The maximum absolute atomic E-state index is 4.23. The van der Waals surface area contributed by atoms with Crippen LogP contribution in [0.15, 0.2) is 47.2 Å². The average molecular weight is 342 g/mol. The van der Waals surface area contributed by atoms with E-state index in [1.807, 2.05) is 18.2 Å². The summed E-state index contributed by atoms with van der Waals surface area (Å²) in [5, 5.41) is 0. The van der Waals surface area contributed by atoms with E-state index in [1.54, 1.807) is 12.4 Å². The van der Waals surface area contributed by atoms with Crippen LogP contribution in [0.25, 0.3) is 0 Å². The lowest BCUT2D eigenvalue weighted by Gasteiger charge is -2.07. The van der Waals surface area contributed by atoms with Crippen molar-refractivity contribution in [3.05, 3.63) is 58.6 Å². The summed E-state index contributed by atoms with van der Waals surface area (Å²) in [6.07, 6.45) is 4.41. The highest BCUT2D eigenvalue weighted by Gasteiger charge is 2.10. The molecule has 0 fully saturated rings. The molecule has 82 valence electrons. The molecule has 0 amide bonds. The van der Waals surface area contributed by atoms with Gasteiger partial charge in [0.1, 0.15) is 5.82 Å². The van der Waals surface area contributed by atoms with Crippen molar-refractivity contribution >= 4 is 31.9 Å². The second-order valence-corrected chi connectivity index (χ2v) is 5.43. The monoisotopic (exact) mass is 340 g/mol. The van der Waals surface area contributed by atoms with Gasteiger partial charge in [-0.3, -0.25) is 0 Å². The lowest BCUT2D eigenvalue weighted by molar-refractivity contribution is 0.849. The minimum atomic E-state index is 0.162. The number of aromatic nitrogens is 2. The molecule has 4 heteroatoms. The first-order valence-corrected chi connectivity index (χ1v) is 6.62. The Kier molecular flexibility index (Phi) is 4.07. The molecular formula is C12H10Br2N2. The van der Waals surface area contributed by atoms with Crippen molar-refractivity contribution in [2.75, 3.05) is 0 Å². The van der Waals surface area contributed by atoms with Crippen molar-refractivity contribution in [3.63, 3.8) is 0 Å². The summed E-state index contributed by atoms with van der Waals surface area (Å²) in [7, 11) is 0. The van der Waals surface area contributed by atoms with Crippen LogP contribution >= 0.6 is 31.9 Å². The molecule has 0 aliphatic rings. The molecular weight excluding hydrogens is 332 g/mol. The molecule has 0 spiro atoms. The Morgan fingerprint density at radius 3 is 2.31 bits per heavy atom. The second kappa shape index (κ2) is 5.55. The molecule has 0 saturated carbocycles. The largest absolute Gasteiger partial charge is 0.240 e. The van der Waals surface area contributed by atoms with Crippen LogP contribution in [0, 0.1) is 0 Å².